The minimum absolute atomic E-state index is 0.0289. The highest BCUT2D eigenvalue weighted by Gasteiger charge is 2.36. The minimum Gasteiger partial charge on any atom is -0.444 e. The van der Waals surface area contributed by atoms with Gasteiger partial charge in [-0.05, 0) is 78.4 Å². The number of rotatable bonds is 2. The lowest BCUT2D eigenvalue weighted by Crippen LogP contribution is -2.46. The number of ether oxygens (including phenoxy) is 1. The number of nitrogens with zero attached hydrogens (tertiary/aromatic N) is 5. The normalized spacial score (nSPS) is 19.6. The number of nitrogens with one attached hydrogen (secondary N) is 1. The number of aryl methyl sites for hydroxylation is 2. The molecule has 5 heterocycles. The fourth-order valence-electron chi connectivity index (χ4n) is 5.60. The van der Waals surface area contributed by atoms with Gasteiger partial charge < -0.3 is 19.4 Å². The van der Waals surface area contributed by atoms with Gasteiger partial charge in [-0.25, -0.2) is 23.9 Å². The fourth-order valence-corrected chi connectivity index (χ4v) is 5.60. The van der Waals surface area contributed by atoms with E-state index in [0.717, 1.165) is 24.1 Å². The second kappa shape index (κ2) is 9.56. The lowest BCUT2D eigenvalue weighted by molar-refractivity contribution is 0.0103. The van der Waals surface area contributed by atoms with E-state index in [-0.39, 0.29) is 23.7 Å². The van der Waals surface area contributed by atoms with Gasteiger partial charge in [-0.2, -0.15) is 0 Å². The first kappa shape index (κ1) is 25.9. The standard InChI is InChI=1S/C28H35FN6O3/c1-16-14-33-15-22(23(29)18(3)24(33)31-16)32-26(36)35-12-9-21-20(7-10-30-25(21)35)19-8-11-34(17(2)13-19)27(37)38-28(4,5)6/h7,10,14-15,17,19H,8-9,11-13H2,1-6H3,(H,32,36)/t17-,19?/m0/s1. The summed E-state index contributed by atoms with van der Waals surface area (Å²) in [7, 11) is 0. The van der Waals surface area contributed by atoms with E-state index in [1.54, 1.807) is 39.7 Å². The predicted molar refractivity (Wildman–Crippen MR) is 143 cm³/mol. The molecule has 0 radical (unpaired) electrons. The van der Waals surface area contributed by atoms with Gasteiger partial charge in [0.15, 0.2) is 5.82 Å². The number of aromatic nitrogens is 3. The maximum atomic E-state index is 15.1. The van der Waals surface area contributed by atoms with Crippen LogP contribution in [0.2, 0.25) is 0 Å². The number of urea groups is 1. The van der Waals surface area contributed by atoms with Gasteiger partial charge in [-0.1, -0.05) is 0 Å². The maximum Gasteiger partial charge on any atom is 0.410 e. The molecule has 2 atom stereocenters. The summed E-state index contributed by atoms with van der Waals surface area (Å²) in [6.45, 7) is 12.2. The molecule has 3 aromatic heterocycles. The Balaban J connectivity index is 1.33. The number of pyridine rings is 2. The summed E-state index contributed by atoms with van der Waals surface area (Å²) in [6.07, 6.45) is 7.08. The minimum atomic E-state index is -0.533. The van der Waals surface area contributed by atoms with Gasteiger partial charge in [-0.15, -0.1) is 0 Å². The lowest BCUT2D eigenvalue weighted by atomic mass is 9.84. The summed E-state index contributed by atoms with van der Waals surface area (Å²) in [5, 5.41) is 2.74. The Bertz CT molecular complexity index is 1410. The third-order valence-electron chi connectivity index (χ3n) is 7.36. The van der Waals surface area contributed by atoms with Gasteiger partial charge in [-0.3, -0.25) is 4.90 Å². The Morgan fingerprint density at radius 1 is 1.18 bits per heavy atom. The molecular weight excluding hydrogens is 487 g/mol. The highest BCUT2D eigenvalue weighted by atomic mass is 19.1. The maximum absolute atomic E-state index is 15.1. The molecule has 10 heteroatoms. The van der Waals surface area contributed by atoms with Crippen molar-refractivity contribution in [3.05, 3.63) is 52.9 Å². The third kappa shape index (κ3) is 4.79. The Hall–Kier alpha value is -3.69. The second-order valence-electron chi connectivity index (χ2n) is 11.4. The average molecular weight is 523 g/mol. The Kier molecular flexibility index (Phi) is 6.53. The van der Waals surface area contributed by atoms with Gasteiger partial charge in [0.2, 0.25) is 0 Å². The predicted octanol–water partition coefficient (Wildman–Crippen LogP) is 5.58. The number of piperidine rings is 1. The van der Waals surface area contributed by atoms with Crippen molar-refractivity contribution < 1.29 is 18.7 Å². The molecular formula is C28H35FN6O3. The summed E-state index contributed by atoms with van der Waals surface area (Å²) in [5.41, 5.74) is 3.46. The van der Waals surface area contributed by atoms with E-state index in [0.29, 0.717) is 36.5 Å². The van der Waals surface area contributed by atoms with Gasteiger partial charge in [0.05, 0.1) is 11.4 Å². The number of amides is 3. The molecule has 38 heavy (non-hydrogen) atoms. The molecule has 1 fully saturated rings. The first-order chi connectivity index (χ1) is 17.9. The molecule has 2 aliphatic rings. The molecule has 202 valence electrons. The van der Waals surface area contributed by atoms with Crippen molar-refractivity contribution >= 4 is 29.3 Å². The molecule has 3 aromatic rings. The molecule has 5 rings (SSSR count). The van der Waals surface area contributed by atoms with Crippen LogP contribution in [0.1, 0.15) is 68.8 Å². The van der Waals surface area contributed by atoms with Crippen LogP contribution < -0.4 is 10.2 Å². The topological polar surface area (TPSA) is 92.1 Å². The Labute approximate surface area is 222 Å². The number of hydrogen-bond acceptors (Lipinski definition) is 5. The Morgan fingerprint density at radius 3 is 2.66 bits per heavy atom. The summed E-state index contributed by atoms with van der Waals surface area (Å²) < 4.78 is 22.4. The molecule has 9 nitrogen and oxygen atoms in total. The van der Waals surface area contributed by atoms with Crippen molar-refractivity contribution in [2.75, 3.05) is 23.3 Å². The number of hydrogen-bond donors (Lipinski definition) is 1. The number of fused-ring (bicyclic) bond motifs is 2. The van der Waals surface area contributed by atoms with E-state index in [9.17, 15) is 9.59 Å². The van der Waals surface area contributed by atoms with Crippen LogP contribution in [0, 0.1) is 19.7 Å². The molecule has 1 N–H and O–H groups in total. The van der Waals surface area contributed by atoms with Crippen molar-refractivity contribution in [2.45, 2.75) is 78.4 Å². The quantitative estimate of drug-likeness (QED) is 0.474. The molecule has 3 amide bonds. The first-order valence-corrected chi connectivity index (χ1v) is 13.1. The van der Waals surface area contributed by atoms with E-state index in [2.05, 4.69) is 15.3 Å². The molecule has 0 spiro atoms. The van der Waals surface area contributed by atoms with Crippen LogP contribution in [0.15, 0.2) is 24.7 Å². The van der Waals surface area contributed by atoms with Crippen LogP contribution in [0.4, 0.5) is 25.5 Å². The summed E-state index contributed by atoms with van der Waals surface area (Å²) in [4.78, 5) is 38.2. The van der Waals surface area contributed by atoms with Crippen LogP contribution in [-0.2, 0) is 11.2 Å². The van der Waals surface area contributed by atoms with Crippen LogP contribution in [0.5, 0.6) is 0 Å². The number of carbonyl (C=O) groups is 2. The third-order valence-corrected chi connectivity index (χ3v) is 7.36. The summed E-state index contributed by atoms with van der Waals surface area (Å²) >= 11 is 0. The molecule has 1 saturated heterocycles. The van der Waals surface area contributed by atoms with E-state index in [1.165, 1.54) is 5.56 Å². The molecule has 0 bridgehead atoms. The zero-order chi connectivity index (χ0) is 27.4. The SMILES string of the molecule is Cc1cn2cc(NC(=O)N3CCc4c(C5CCN(C(=O)OC(C)(C)C)[C@@H](C)C5)ccnc43)c(F)c(C)c2n1. The highest BCUT2D eigenvalue weighted by molar-refractivity contribution is 6.02. The van der Waals surface area contributed by atoms with Gasteiger partial charge >= 0.3 is 12.1 Å². The van der Waals surface area contributed by atoms with Gasteiger partial charge in [0.1, 0.15) is 17.1 Å². The number of carbonyl (C=O) groups excluding carboxylic acids is 2. The van der Waals surface area contributed by atoms with E-state index in [1.807, 2.05) is 40.7 Å². The largest absolute Gasteiger partial charge is 0.444 e. The van der Waals surface area contributed by atoms with E-state index >= 15 is 4.39 Å². The fraction of sp³-hybridized carbons (Fsp3) is 0.500. The average Bonchev–Trinajstić information content (AvgIpc) is 3.44. The van der Waals surface area contributed by atoms with Crippen molar-refractivity contribution in [2.24, 2.45) is 0 Å². The van der Waals surface area contributed by atoms with Crippen molar-refractivity contribution in [1.29, 1.82) is 0 Å². The van der Waals surface area contributed by atoms with E-state index in [4.69, 9.17) is 4.74 Å². The number of likely N-dealkylation sites (tertiary alicyclic amines) is 1. The lowest BCUT2D eigenvalue weighted by Gasteiger charge is -2.39. The molecule has 1 unspecified atom stereocenters. The van der Waals surface area contributed by atoms with Crippen LogP contribution >= 0.6 is 0 Å². The van der Waals surface area contributed by atoms with Crippen molar-refractivity contribution in [3.8, 4) is 0 Å². The van der Waals surface area contributed by atoms with Crippen molar-refractivity contribution in [1.82, 2.24) is 19.3 Å². The smallest absolute Gasteiger partial charge is 0.410 e. The zero-order valence-corrected chi connectivity index (χ0v) is 22.8. The molecule has 0 aliphatic carbocycles. The van der Waals surface area contributed by atoms with Crippen LogP contribution in [0.25, 0.3) is 5.65 Å². The number of halogens is 1. The van der Waals surface area contributed by atoms with E-state index < -0.39 is 17.4 Å². The van der Waals surface area contributed by atoms with Crippen LogP contribution in [-0.4, -0.2) is 56.1 Å². The zero-order valence-electron chi connectivity index (χ0n) is 22.8. The second-order valence-corrected chi connectivity index (χ2v) is 11.4. The first-order valence-electron chi connectivity index (χ1n) is 13.1. The van der Waals surface area contributed by atoms with Crippen molar-refractivity contribution in [3.63, 3.8) is 0 Å². The van der Waals surface area contributed by atoms with Gasteiger partial charge in [0, 0.05) is 48.8 Å². The molecule has 0 saturated carbocycles. The van der Waals surface area contributed by atoms with Crippen LogP contribution in [0.3, 0.4) is 0 Å². The summed E-state index contributed by atoms with van der Waals surface area (Å²) in [5.74, 6) is 0.359. The summed E-state index contributed by atoms with van der Waals surface area (Å²) in [6, 6.07) is 1.64. The van der Waals surface area contributed by atoms with Gasteiger partial charge in [0.25, 0.3) is 0 Å². The number of anilines is 2. The molecule has 2 aliphatic heterocycles. The number of imidazole rings is 1. The monoisotopic (exact) mass is 522 g/mol. The highest BCUT2D eigenvalue weighted by Crippen LogP contribution is 2.39. The molecule has 0 aromatic carbocycles. The Morgan fingerprint density at radius 2 is 1.95 bits per heavy atom.